The fraction of sp³-hybridized carbons (Fsp3) is 0.269. The molecule has 1 amide bonds. The maximum absolute atomic E-state index is 14.0. The van der Waals surface area contributed by atoms with E-state index in [9.17, 15) is 9.18 Å². The fourth-order valence-electron chi connectivity index (χ4n) is 4.32. The van der Waals surface area contributed by atoms with E-state index in [1.807, 2.05) is 18.2 Å². The first-order chi connectivity index (χ1) is 17.0. The minimum atomic E-state index is -0.381. The third-order valence-electron chi connectivity index (χ3n) is 6.09. The number of halogens is 1. The van der Waals surface area contributed by atoms with Gasteiger partial charge in [-0.25, -0.2) is 14.4 Å². The zero-order chi connectivity index (χ0) is 24.4. The van der Waals surface area contributed by atoms with Crippen LogP contribution in [0.15, 0.2) is 48.7 Å². The molecule has 1 aliphatic carbocycles. The van der Waals surface area contributed by atoms with Crippen molar-refractivity contribution in [1.29, 1.82) is 0 Å². The highest BCUT2D eigenvalue weighted by Crippen LogP contribution is 2.31. The lowest BCUT2D eigenvalue weighted by Crippen LogP contribution is -2.24. The van der Waals surface area contributed by atoms with Gasteiger partial charge >= 0.3 is 0 Å². The molecule has 0 radical (unpaired) electrons. The van der Waals surface area contributed by atoms with Crippen molar-refractivity contribution in [3.63, 3.8) is 0 Å². The van der Waals surface area contributed by atoms with Crippen LogP contribution in [0, 0.1) is 5.82 Å². The molecule has 4 aromatic rings. The third kappa shape index (κ3) is 5.05. The first-order valence-corrected chi connectivity index (χ1v) is 12.3. The average molecular weight is 493 g/mol. The Morgan fingerprint density at radius 1 is 1.17 bits per heavy atom. The number of thiazole rings is 1. The summed E-state index contributed by atoms with van der Waals surface area (Å²) < 4.78 is 26.3. The Morgan fingerprint density at radius 3 is 2.80 bits per heavy atom. The molecule has 180 valence electrons. The molecule has 0 unspecified atom stereocenters. The summed E-state index contributed by atoms with van der Waals surface area (Å²) in [5.41, 5.74) is 9.14. The highest BCUT2D eigenvalue weighted by molar-refractivity contribution is 7.22. The van der Waals surface area contributed by atoms with E-state index in [1.54, 1.807) is 18.3 Å². The van der Waals surface area contributed by atoms with Crippen molar-refractivity contribution >= 4 is 32.6 Å². The topological polar surface area (TPSA) is 99.4 Å². The Bertz CT molecular complexity index is 1380. The molecule has 0 bridgehead atoms. The first kappa shape index (κ1) is 23.0. The lowest BCUT2D eigenvalue weighted by Gasteiger charge is -2.17. The number of benzene rings is 2. The second kappa shape index (κ2) is 9.87. The van der Waals surface area contributed by atoms with Crippen molar-refractivity contribution < 1.29 is 18.7 Å². The monoisotopic (exact) mass is 492 g/mol. The van der Waals surface area contributed by atoms with Crippen LogP contribution in [-0.2, 0) is 6.54 Å². The summed E-state index contributed by atoms with van der Waals surface area (Å²) >= 11 is 1.40. The largest absolute Gasteiger partial charge is 0.490 e. The summed E-state index contributed by atoms with van der Waals surface area (Å²) in [4.78, 5) is 21.8. The SMILES string of the molecule is COc1ncc(-c2ccc3nc(N)sc3c2)cc1C(=O)NCc1cc(F)ccc1OC1CCCC1. The predicted molar refractivity (Wildman–Crippen MR) is 134 cm³/mol. The van der Waals surface area contributed by atoms with Gasteiger partial charge in [-0.3, -0.25) is 4.79 Å². The second-order valence-corrected chi connectivity index (χ2v) is 9.54. The molecule has 35 heavy (non-hydrogen) atoms. The standard InChI is InChI=1S/C26H25FN4O3S/c1-33-25-20(11-16(13-30-25)15-6-8-21-23(12-15)35-26(28)31-21)24(32)29-14-17-10-18(27)7-9-22(17)34-19-4-2-3-5-19/h6-13,19H,2-5,14H2,1H3,(H2,28,31)(H,29,32). The number of hydrogen-bond acceptors (Lipinski definition) is 7. The van der Waals surface area contributed by atoms with Crippen LogP contribution >= 0.6 is 11.3 Å². The zero-order valence-electron chi connectivity index (χ0n) is 19.2. The summed E-state index contributed by atoms with van der Waals surface area (Å²) in [6.45, 7) is 0.109. The number of carbonyl (C=O) groups excluding carboxylic acids is 1. The van der Waals surface area contributed by atoms with Gasteiger partial charge in [-0.1, -0.05) is 17.4 Å². The number of nitrogens with zero attached hydrogens (tertiary/aromatic N) is 2. The average Bonchev–Trinajstić information content (AvgIpc) is 3.51. The number of nitrogens with two attached hydrogens (primary N) is 1. The van der Waals surface area contributed by atoms with Crippen LogP contribution < -0.4 is 20.5 Å². The van der Waals surface area contributed by atoms with E-state index >= 15 is 0 Å². The second-order valence-electron chi connectivity index (χ2n) is 8.47. The molecule has 2 heterocycles. The normalized spacial score (nSPS) is 13.8. The van der Waals surface area contributed by atoms with Gasteiger partial charge in [-0.05, 0) is 67.6 Å². The van der Waals surface area contributed by atoms with Crippen molar-refractivity contribution in [3.8, 4) is 22.8 Å². The first-order valence-electron chi connectivity index (χ1n) is 11.4. The summed E-state index contributed by atoms with van der Waals surface area (Å²) in [5, 5.41) is 3.36. The number of carbonyl (C=O) groups is 1. The van der Waals surface area contributed by atoms with Crippen LogP contribution in [0.3, 0.4) is 0 Å². The van der Waals surface area contributed by atoms with Gasteiger partial charge in [-0.2, -0.15) is 0 Å². The van der Waals surface area contributed by atoms with Gasteiger partial charge in [-0.15, -0.1) is 0 Å². The number of pyridine rings is 1. The molecule has 3 N–H and O–H groups in total. The Hall–Kier alpha value is -3.72. The third-order valence-corrected chi connectivity index (χ3v) is 6.93. The molecule has 1 saturated carbocycles. The van der Waals surface area contributed by atoms with Gasteiger partial charge in [0.2, 0.25) is 5.88 Å². The number of amides is 1. The molecule has 7 nitrogen and oxygen atoms in total. The molecule has 0 aliphatic heterocycles. The Balaban J connectivity index is 1.38. The zero-order valence-corrected chi connectivity index (χ0v) is 20.0. The molecule has 9 heteroatoms. The summed E-state index contributed by atoms with van der Waals surface area (Å²) in [6, 6.07) is 11.9. The molecule has 0 atom stereocenters. The number of hydrogen-bond donors (Lipinski definition) is 2. The molecule has 0 spiro atoms. The quantitative estimate of drug-likeness (QED) is 0.361. The van der Waals surface area contributed by atoms with Gasteiger partial charge in [0.05, 0.1) is 23.4 Å². The van der Waals surface area contributed by atoms with E-state index < -0.39 is 0 Å². The molecular weight excluding hydrogens is 467 g/mol. The lowest BCUT2D eigenvalue weighted by molar-refractivity contribution is 0.0946. The Morgan fingerprint density at radius 2 is 2.00 bits per heavy atom. The van der Waals surface area contributed by atoms with Crippen LogP contribution in [0.4, 0.5) is 9.52 Å². The van der Waals surface area contributed by atoms with Crippen molar-refractivity contribution in [2.24, 2.45) is 0 Å². The fourth-order valence-corrected chi connectivity index (χ4v) is 5.09. The smallest absolute Gasteiger partial charge is 0.257 e. The van der Waals surface area contributed by atoms with Crippen molar-refractivity contribution in [1.82, 2.24) is 15.3 Å². The van der Waals surface area contributed by atoms with Gasteiger partial charge in [0.1, 0.15) is 17.1 Å². The minimum Gasteiger partial charge on any atom is -0.490 e. The van der Waals surface area contributed by atoms with E-state index in [2.05, 4.69) is 15.3 Å². The maximum atomic E-state index is 14.0. The predicted octanol–water partition coefficient (Wildman–Crippen LogP) is 5.34. The van der Waals surface area contributed by atoms with E-state index in [-0.39, 0.29) is 35.8 Å². The number of nitrogens with one attached hydrogen (secondary N) is 1. The summed E-state index contributed by atoms with van der Waals surface area (Å²) in [7, 11) is 1.46. The van der Waals surface area contributed by atoms with Gasteiger partial charge in [0.25, 0.3) is 5.91 Å². The highest BCUT2D eigenvalue weighted by atomic mass is 32.1. The molecule has 2 aromatic carbocycles. The number of nitrogen functional groups attached to an aromatic ring is 1. The molecule has 2 aromatic heterocycles. The van der Waals surface area contributed by atoms with Crippen LogP contribution in [0.1, 0.15) is 41.6 Å². The Labute approximate surface area is 206 Å². The van der Waals surface area contributed by atoms with E-state index in [1.165, 1.54) is 30.6 Å². The lowest BCUT2D eigenvalue weighted by atomic mass is 10.0. The van der Waals surface area contributed by atoms with Gasteiger partial charge in [0.15, 0.2) is 5.13 Å². The summed E-state index contributed by atoms with van der Waals surface area (Å²) in [5.74, 6) is 0.0364. The molecular formula is C26H25FN4O3S. The van der Waals surface area contributed by atoms with Crippen LogP contribution in [-0.4, -0.2) is 29.1 Å². The molecule has 0 saturated heterocycles. The highest BCUT2D eigenvalue weighted by Gasteiger charge is 2.20. The van der Waals surface area contributed by atoms with Crippen LogP contribution in [0.25, 0.3) is 21.3 Å². The van der Waals surface area contributed by atoms with Crippen molar-refractivity contribution in [3.05, 3.63) is 65.6 Å². The van der Waals surface area contributed by atoms with Gasteiger partial charge < -0.3 is 20.5 Å². The van der Waals surface area contributed by atoms with E-state index in [4.69, 9.17) is 15.2 Å². The number of rotatable bonds is 7. The Kier molecular flexibility index (Phi) is 6.50. The van der Waals surface area contributed by atoms with Gasteiger partial charge in [0, 0.05) is 23.9 Å². The molecule has 1 aliphatic rings. The van der Waals surface area contributed by atoms with Crippen LogP contribution in [0.5, 0.6) is 11.6 Å². The van der Waals surface area contributed by atoms with E-state index in [0.29, 0.717) is 16.4 Å². The number of fused-ring (bicyclic) bond motifs is 1. The number of anilines is 1. The number of methoxy groups -OCH3 is 1. The van der Waals surface area contributed by atoms with Crippen molar-refractivity contribution in [2.45, 2.75) is 38.3 Å². The van der Waals surface area contributed by atoms with E-state index in [0.717, 1.165) is 47.0 Å². The summed E-state index contributed by atoms with van der Waals surface area (Å²) in [6.07, 6.45) is 6.01. The van der Waals surface area contributed by atoms with Crippen LogP contribution in [0.2, 0.25) is 0 Å². The maximum Gasteiger partial charge on any atom is 0.257 e. The van der Waals surface area contributed by atoms with Crippen molar-refractivity contribution in [2.75, 3.05) is 12.8 Å². The molecule has 5 rings (SSSR count). The number of aromatic nitrogens is 2. The minimum absolute atomic E-state index is 0.109. The molecule has 1 fully saturated rings. The number of ether oxygens (including phenoxy) is 2.